The first-order chi connectivity index (χ1) is 7.20. The van der Waals surface area contributed by atoms with E-state index in [2.05, 4.69) is 0 Å². The summed E-state index contributed by atoms with van der Waals surface area (Å²) in [6.07, 6.45) is -2.82. The van der Waals surface area contributed by atoms with Crippen LogP contribution in [0.2, 0.25) is 0 Å². The maximum atomic E-state index is 11.7. The summed E-state index contributed by atoms with van der Waals surface area (Å²) in [4.78, 5) is 22.1. The summed E-state index contributed by atoms with van der Waals surface area (Å²) >= 11 is 0. The zero-order valence-electron chi connectivity index (χ0n) is 9.68. The number of esters is 1. The fourth-order valence-corrected chi connectivity index (χ4v) is 0.888. The Labute approximate surface area is 93.3 Å². The van der Waals surface area contributed by atoms with Crippen LogP contribution in [0.25, 0.3) is 0 Å². The van der Waals surface area contributed by atoms with Crippen LogP contribution in [0.15, 0.2) is 0 Å². The summed E-state index contributed by atoms with van der Waals surface area (Å²) in [5, 5.41) is 2.00. The van der Waals surface area contributed by atoms with Crippen LogP contribution in [0.1, 0.15) is 33.6 Å². The molecule has 16 heavy (non-hydrogen) atoms. The van der Waals surface area contributed by atoms with E-state index in [4.69, 9.17) is 4.74 Å². The highest BCUT2D eigenvalue weighted by molar-refractivity contribution is 5.81. The molecule has 94 valence electrons. The molecule has 0 rings (SSSR count). The summed E-state index contributed by atoms with van der Waals surface area (Å²) in [6.45, 7) is 4.44. The van der Waals surface area contributed by atoms with Gasteiger partial charge in [0.1, 0.15) is 5.60 Å². The van der Waals surface area contributed by atoms with Crippen LogP contribution < -0.4 is 5.32 Å². The zero-order chi connectivity index (χ0) is 12.8. The molecule has 1 N–H and O–H groups in total. The molecule has 0 saturated carbocycles. The lowest BCUT2D eigenvalue weighted by atomic mass is 10.2. The highest BCUT2D eigenvalue weighted by atomic mass is 19.3. The van der Waals surface area contributed by atoms with Crippen molar-refractivity contribution < 1.29 is 23.1 Å². The van der Waals surface area contributed by atoms with Gasteiger partial charge >= 0.3 is 5.97 Å². The largest absolute Gasteiger partial charge is 0.460 e. The van der Waals surface area contributed by atoms with Gasteiger partial charge in [-0.1, -0.05) is 0 Å². The van der Waals surface area contributed by atoms with Crippen molar-refractivity contribution in [1.29, 1.82) is 0 Å². The second-order valence-corrected chi connectivity index (χ2v) is 4.28. The normalized spacial score (nSPS) is 11.4. The van der Waals surface area contributed by atoms with E-state index in [9.17, 15) is 18.4 Å². The summed E-state index contributed by atoms with van der Waals surface area (Å²) in [5.41, 5.74) is -0.601. The minimum Gasteiger partial charge on any atom is -0.460 e. The maximum Gasteiger partial charge on any atom is 0.306 e. The van der Waals surface area contributed by atoms with Crippen LogP contribution in [-0.2, 0) is 14.3 Å². The van der Waals surface area contributed by atoms with Gasteiger partial charge < -0.3 is 10.1 Å². The van der Waals surface area contributed by atoms with Gasteiger partial charge in [-0.15, -0.1) is 0 Å². The van der Waals surface area contributed by atoms with Crippen LogP contribution in [0, 0.1) is 0 Å². The molecule has 0 aliphatic carbocycles. The Bertz CT molecular complexity index is 249. The van der Waals surface area contributed by atoms with Gasteiger partial charge in [0.25, 0.3) is 6.43 Å². The second kappa shape index (κ2) is 6.40. The first kappa shape index (κ1) is 14.8. The fraction of sp³-hybridized carbons (Fsp3) is 0.800. The van der Waals surface area contributed by atoms with Gasteiger partial charge in [-0.2, -0.15) is 0 Å². The number of alkyl halides is 2. The lowest BCUT2D eigenvalue weighted by Crippen LogP contribution is -2.30. The maximum absolute atomic E-state index is 11.7. The third-order valence-corrected chi connectivity index (χ3v) is 1.43. The van der Waals surface area contributed by atoms with Gasteiger partial charge in [0.05, 0.1) is 13.0 Å². The molecule has 0 spiro atoms. The van der Waals surface area contributed by atoms with E-state index >= 15 is 0 Å². The molecule has 4 nitrogen and oxygen atoms in total. The highest BCUT2D eigenvalue weighted by Crippen LogP contribution is 2.08. The number of halogens is 2. The minimum absolute atomic E-state index is 0.105. The van der Waals surface area contributed by atoms with Gasteiger partial charge in [0.15, 0.2) is 0 Å². The summed E-state index contributed by atoms with van der Waals surface area (Å²) in [5.74, 6) is -1.09. The molecule has 0 radical (unpaired) electrons. The average Bonchev–Trinajstić information content (AvgIpc) is 2.08. The van der Waals surface area contributed by atoms with Gasteiger partial charge in [-0.3, -0.25) is 9.59 Å². The molecule has 0 fully saturated rings. The summed E-state index contributed by atoms with van der Waals surface area (Å²) in [7, 11) is 0. The number of nitrogens with one attached hydrogen (secondary N) is 1. The molecule has 0 unspecified atom stereocenters. The van der Waals surface area contributed by atoms with Crippen molar-refractivity contribution in [2.24, 2.45) is 0 Å². The Hall–Kier alpha value is -1.20. The Morgan fingerprint density at radius 1 is 1.25 bits per heavy atom. The highest BCUT2D eigenvalue weighted by Gasteiger charge is 2.17. The number of amides is 1. The lowest BCUT2D eigenvalue weighted by molar-refractivity contribution is -0.155. The molecule has 6 heteroatoms. The molecule has 0 aromatic rings. The van der Waals surface area contributed by atoms with Crippen LogP contribution in [0.3, 0.4) is 0 Å². The van der Waals surface area contributed by atoms with Crippen molar-refractivity contribution >= 4 is 11.9 Å². The summed E-state index contributed by atoms with van der Waals surface area (Å²) in [6, 6.07) is 0. The van der Waals surface area contributed by atoms with Gasteiger partial charge in [0.2, 0.25) is 5.91 Å². The fourth-order valence-electron chi connectivity index (χ4n) is 0.888. The number of hydrogen-bond donors (Lipinski definition) is 1. The van der Waals surface area contributed by atoms with Gasteiger partial charge in [0, 0.05) is 6.42 Å². The number of ether oxygens (including phenoxy) is 1. The van der Waals surface area contributed by atoms with Crippen LogP contribution in [0.5, 0.6) is 0 Å². The van der Waals surface area contributed by atoms with Crippen LogP contribution in [0.4, 0.5) is 8.78 Å². The molecule has 0 aromatic heterocycles. The van der Waals surface area contributed by atoms with Crippen LogP contribution >= 0.6 is 0 Å². The molecule has 0 aliphatic heterocycles. The predicted molar refractivity (Wildman–Crippen MR) is 54.1 cm³/mol. The van der Waals surface area contributed by atoms with Crippen molar-refractivity contribution in [3.8, 4) is 0 Å². The topological polar surface area (TPSA) is 55.4 Å². The summed E-state index contributed by atoms with van der Waals surface area (Å²) < 4.78 is 28.4. The second-order valence-electron chi connectivity index (χ2n) is 4.28. The Kier molecular flexibility index (Phi) is 5.92. The van der Waals surface area contributed by atoms with E-state index < -0.39 is 30.4 Å². The molecular formula is C10H17F2NO3. The van der Waals surface area contributed by atoms with Crippen molar-refractivity contribution in [3.63, 3.8) is 0 Å². The monoisotopic (exact) mass is 237 g/mol. The molecule has 1 amide bonds. The van der Waals surface area contributed by atoms with Crippen molar-refractivity contribution in [2.45, 2.75) is 45.6 Å². The molecule has 0 heterocycles. The number of carbonyl (C=O) groups excluding carboxylic acids is 2. The van der Waals surface area contributed by atoms with Gasteiger partial charge in [-0.25, -0.2) is 8.78 Å². The zero-order valence-corrected chi connectivity index (χ0v) is 9.68. The van der Waals surface area contributed by atoms with Gasteiger partial charge in [-0.05, 0) is 20.8 Å². The number of carbonyl (C=O) groups is 2. The van der Waals surface area contributed by atoms with Crippen LogP contribution in [-0.4, -0.2) is 30.4 Å². The number of rotatable bonds is 5. The van der Waals surface area contributed by atoms with Crippen molar-refractivity contribution in [3.05, 3.63) is 0 Å². The molecule has 0 atom stereocenters. The van der Waals surface area contributed by atoms with E-state index in [1.807, 2.05) is 5.32 Å². The third-order valence-electron chi connectivity index (χ3n) is 1.43. The molecule has 0 saturated heterocycles. The molecule has 0 aromatic carbocycles. The first-order valence-corrected chi connectivity index (χ1v) is 4.97. The Morgan fingerprint density at radius 2 is 1.81 bits per heavy atom. The minimum atomic E-state index is -2.58. The third kappa shape index (κ3) is 9.36. The van der Waals surface area contributed by atoms with E-state index in [-0.39, 0.29) is 12.8 Å². The Balaban J connectivity index is 3.72. The smallest absolute Gasteiger partial charge is 0.306 e. The SMILES string of the molecule is CC(C)(C)OC(=O)CCC(=O)NCC(F)F. The predicted octanol–water partition coefficient (Wildman–Crippen LogP) is 1.49. The molecule has 0 bridgehead atoms. The standard InChI is InChI=1S/C10H17F2NO3/c1-10(2,3)16-9(15)5-4-8(14)13-6-7(11)12/h7H,4-6H2,1-3H3,(H,13,14). The van der Waals surface area contributed by atoms with E-state index in [1.165, 1.54) is 0 Å². The van der Waals surface area contributed by atoms with Crippen molar-refractivity contribution in [2.75, 3.05) is 6.54 Å². The average molecular weight is 237 g/mol. The van der Waals surface area contributed by atoms with E-state index in [1.54, 1.807) is 20.8 Å². The Morgan fingerprint density at radius 3 is 2.25 bits per heavy atom. The van der Waals surface area contributed by atoms with E-state index in [0.717, 1.165) is 0 Å². The number of hydrogen-bond acceptors (Lipinski definition) is 3. The van der Waals surface area contributed by atoms with E-state index in [0.29, 0.717) is 0 Å². The molecular weight excluding hydrogens is 220 g/mol. The van der Waals surface area contributed by atoms with Crippen molar-refractivity contribution in [1.82, 2.24) is 5.32 Å². The first-order valence-electron chi connectivity index (χ1n) is 4.97. The molecule has 0 aliphatic rings. The quantitative estimate of drug-likeness (QED) is 0.737. The lowest BCUT2D eigenvalue weighted by Gasteiger charge is -2.19.